The molecule has 33 heavy (non-hydrogen) atoms. The quantitative estimate of drug-likeness (QED) is 0.0905. The van der Waals surface area contributed by atoms with Crippen molar-refractivity contribution in [3.63, 3.8) is 0 Å². The normalized spacial score (nSPS) is 13.8. The summed E-state index contributed by atoms with van der Waals surface area (Å²) in [5.74, 6) is 0. The molecule has 0 rings (SSSR count). The average molecular weight is 511 g/mol. The van der Waals surface area contributed by atoms with Gasteiger partial charge in [-0.15, -0.1) is 0 Å². The zero-order valence-corrected chi connectivity index (χ0v) is 25.2. The third-order valence-corrected chi connectivity index (χ3v) is 15.7. The van der Waals surface area contributed by atoms with E-state index in [2.05, 4.69) is 27.4 Å². The molecule has 0 bridgehead atoms. The van der Waals surface area contributed by atoms with E-state index < -0.39 is 14.7 Å². The predicted molar refractivity (Wildman–Crippen MR) is 150 cm³/mol. The molecule has 6 heteroatoms. The zero-order chi connectivity index (χ0) is 24.9. The Bertz CT molecular complexity index is 447. The van der Waals surface area contributed by atoms with E-state index in [4.69, 9.17) is 13.4 Å². The first-order valence-electron chi connectivity index (χ1n) is 14.2. The van der Waals surface area contributed by atoms with E-state index in [0.29, 0.717) is 0 Å². The topological polar surface area (TPSA) is 44.8 Å². The molecule has 0 atom stereocenters. The summed E-state index contributed by atoms with van der Waals surface area (Å²) in [5.41, 5.74) is 0. The van der Waals surface area contributed by atoms with Crippen LogP contribution in [0.3, 0.4) is 0 Å². The molecule has 0 spiro atoms. The van der Waals surface area contributed by atoms with Gasteiger partial charge >= 0.3 is 208 Å². The number of phosphoric acid groups is 1. The van der Waals surface area contributed by atoms with E-state index in [0.717, 1.165) is 37.7 Å². The Hall–Kier alpha value is 0.540. The van der Waals surface area contributed by atoms with Crippen LogP contribution in [0.2, 0.25) is 0 Å². The van der Waals surface area contributed by atoms with Crippen molar-refractivity contribution in [1.82, 2.24) is 0 Å². The van der Waals surface area contributed by atoms with Gasteiger partial charge in [0, 0.05) is 0 Å². The van der Waals surface area contributed by atoms with E-state index in [1.807, 2.05) is 0 Å². The van der Waals surface area contributed by atoms with Crippen LogP contribution in [-0.2, 0) is 17.9 Å². The van der Waals surface area contributed by atoms with Crippen molar-refractivity contribution in [3.8, 4) is 0 Å². The zero-order valence-electron chi connectivity index (χ0n) is 23.4. The average Bonchev–Trinajstić information content (AvgIpc) is 2.81. The number of rotatable bonds is 25. The minimum atomic E-state index is -3.51. The van der Waals surface area contributed by atoms with Crippen molar-refractivity contribution < 1.29 is 17.9 Å². The summed E-state index contributed by atoms with van der Waals surface area (Å²) in [6, 6.07) is 0. The molecule has 0 aliphatic heterocycles. The van der Waals surface area contributed by atoms with Gasteiger partial charge in [-0.25, -0.2) is 0 Å². The standard InChI is InChI=1S/C27H60O4P2/c1-7-10-13-16-19-22-25-33(6,31-32(28,29-4)30-5,26-23-20-17-14-11-8-2)27-24-21-18-15-12-9-3/h7-27H2,1-6H3. The van der Waals surface area contributed by atoms with E-state index in [1.54, 1.807) is 0 Å². The molecule has 0 N–H and O–H groups in total. The Morgan fingerprint density at radius 1 is 0.515 bits per heavy atom. The van der Waals surface area contributed by atoms with Crippen molar-refractivity contribution in [2.24, 2.45) is 0 Å². The van der Waals surface area contributed by atoms with Gasteiger partial charge in [0.15, 0.2) is 0 Å². The van der Waals surface area contributed by atoms with Gasteiger partial charge in [0.2, 0.25) is 0 Å². The summed E-state index contributed by atoms with van der Waals surface area (Å²) in [6.07, 6.45) is 26.0. The molecular formula is C27H60O4P2. The third kappa shape index (κ3) is 16.0. The van der Waals surface area contributed by atoms with Crippen molar-refractivity contribution in [2.75, 3.05) is 39.4 Å². The van der Waals surface area contributed by atoms with Gasteiger partial charge in [0.05, 0.1) is 0 Å². The van der Waals surface area contributed by atoms with Crippen molar-refractivity contribution >= 4 is 14.7 Å². The first-order valence-corrected chi connectivity index (χ1v) is 18.9. The molecule has 4 nitrogen and oxygen atoms in total. The molecule has 202 valence electrons. The Balaban J connectivity index is 5.34. The first-order chi connectivity index (χ1) is 15.8. The van der Waals surface area contributed by atoms with Crippen LogP contribution in [0.25, 0.3) is 0 Å². The molecule has 0 amide bonds. The van der Waals surface area contributed by atoms with Gasteiger partial charge < -0.3 is 0 Å². The summed E-state index contributed by atoms with van der Waals surface area (Å²) >= 11 is 0. The maximum atomic E-state index is 13.3. The van der Waals surface area contributed by atoms with Crippen molar-refractivity contribution in [1.29, 1.82) is 0 Å². The molecule has 0 radical (unpaired) electrons. The van der Waals surface area contributed by atoms with Crippen LogP contribution in [0.1, 0.15) is 136 Å². The Kier molecular flexibility index (Phi) is 20.0. The summed E-state index contributed by atoms with van der Waals surface area (Å²) in [7, 11) is -0.581. The first kappa shape index (κ1) is 33.5. The van der Waals surface area contributed by atoms with Crippen molar-refractivity contribution in [2.45, 2.75) is 136 Å². The third-order valence-electron chi connectivity index (χ3n) is 7.23. The molecule has 0 saturated heterocycles. The summed E-state index contributed by atoms with van der Waals surface area (Å²) in [4.78, 5) is 0. The number of hydrogen-bond acceptors (Lipinski definition) is 4. The number of phosphoric ester groups is 1. The molecule has 0 aromatic rings. The molecule has 0 aliphatic carbocycles. The van der Waals surface area contributed by atoms with Gasteiger partial charge in [-0.2, -0.15) is 0 Å². The fourth-order valence-electron chi connectivity index (χ4n) is 4.93. The summed E-state index contributed by atoms with van der Waals surface area (Å²) in [5, 5.41) is 0. The minimum absolute atomic E-state index is 1.05. The molecule has 0 saturated carbocycles. The van der Waals surface area contributed by atoms with Crippen LogP contribution in [0, 0.1) is 0 Å². The number of unbranched alkanes of at least 4 members (excludes halogenated alkanes) is 15. The van der Waals surface area contributed by atoms with E-state index in [-0.39, 0.29) is 0 Å². The molecule has 0 fully saturated rings. The van der Waals surface area contributed by atoms with Gasteiger partial charge in [0.1, 0.15) is 0 Å². The summed E-state index contributed by atoms with van der Waals surface area (Å²) < 4.78 is 30.6. The second-order valence-corrected chi connectivity index (χ2v) is 18.6. The fraction of sp³-hybridized carbons (Fsp3) is 1.00. The van der Waals surface area contributed by atoms with Gasteiger partial charge in [-0.05, 0) is 0 Å². The number of hydrogen-bond donors (Lipinski definition) is 0. The monoisotopic (exact) mass is 510 g/mol. The second kappa shape index (κ2) is 19.7. The van der Waals surface area contributed by atoms with Crippen LogP contribution < -0.4 is 0 Å². The molecule has 0 aromatic carbocycles. The van der Waals surface area contributed by atoms with E-state index in [1.165, 1.54) is 111 Å². The van der Waals surface area contributed by atoms with Crippen molar-refractivity contribution in [3.05, 3.63) is 0 Å². The van der Waals surface area contributed by atoms with Crippen LogP contribution in [0.5, 0.6) is 0 Å². The van der Waals surface area contributed by atoms with Gasteiger partial charge in [0.25, 0.3) is 0 Å². The predicted octanol–water partition coefficient (Wildman–Crippen LogP) is 10.6. The molecular weight excluding hydrogens is 450 g/mol. The molecule has 0 aliphatic rings. The van der Waals surface area contributed by atoms with Gasteiger partial charge in [-0.3, -0.25) is 0 Å². The van der Waals surface area contributed by atoms with Crippen LogP contribution >= 0.6 is 14.7 Å². The SMILES string of the molecule is CCCCCCCCP(C)(CCCCCCCC)(CCCCCCCC)OP(=O)(OC)OC. The van der Waals surface area contributed by atoms with Crippen LogP contribution in [-0.4, -0.2) is 39.4 Å². The maximum absolute atomic E-state index is 13.3. The Morgan fingerprint density at radius 3 is 1.06 bits per heavy atom. The summed E-state index contributed by atoms with van der Waals surface area (Å²) in [6.45, 7) is 6.46. The van der Waals surface area contributed by atoms with E-state index >= 15 is 0 Å². The molecule has 0 heterocycles. The van der Waals surface area contributed by atoms with E-state index in [9.17, 15) is 4.57 Å². The molecule has 0 unspecified atom stereocenters. The van der Waals surface area contributed by atoms with Crippen LogP contribution in [0.15, 0.2) is 0 Å². The Labute approximate surface area is 208 Å². The Morgan fingerprint density at radius 2 is 0.788 bits per heavy atom. The second-order valence-electron chi connectivity index (χ2n) is 10.6. The fourth-order valence-corrected chi connectivity index (χ4v) is 13.1. The van der Waals surface area contributed by atoms with Crippen LogP contribution in [0.4, 0.5) is 0 Å². The van der Waals surface area contributed by atoms with Gasteiger partial charge in [-0.1, -0.05) is 0 Å². The molecule has 0 aromatic heterocycles.